The molecular formula is C61H67N5O16. The van der Waals surface area contributed by atoms with Gasteiger partial charge in [-0.2, -0.15) is 0 Å². The van der Waals surface area contributed by atoms with Crippen LogP contribution in [0.1, 0.15) is 112 Å². The first-order chi connectivity index (χ1) is 39.7. The summed E-state index contributed by atoms with van der Waals surface area (Å²) in [6, 6.07) is 25.8. The molecular weight excluding hydrogens is 1060 g/mol. The van der Waals surface area contributed by atoms with Gasteiger partial charge in [-0.3, -0.25) is 43.8 Å². The number of piperidine rings is 2. The van der Waals surface area contributed by atoms with E-state index in [0.29, 0.717) is 77.9 Å². The third-order valence-corrected chi connectivity index (χ3v) is 14.7. The monoisotopic (exact) mass is 1130 g/mol. The van der Waals surface area contributed by atoms with Crippen molar-refractivity contribution in [3.63, 3.8) is 0 Å². The van der Waals surface area contributed by atoms with Crippen molar-refractivity contribution in [3.05, 3.63) is 136 Å². The average molecular weight is 1130 g/mol. The highest BCUT2D eigenvalue weighted by Gasteiger charge is 2.46. The minimum absolute atomic E-state index is 0.00510. The molecule has 82 heavy (non-hydrogen) atoms. The number of ether oxygens (including phenoxy) is 8. The van der Waals surface area contributed by atoms with Crippen LogP contribution < -0.4 is 49.1 Å². The Morgan fingerprint density at radius 3 is 1.89 bits per heavy atom. The van der Waals surface area contributed by atoms with E-state index >= 15 is 0 Å². The van der Waals surface area contributed by atoms with Crippen molar-refractivity contribution < 1.29 is 76.3 Å². The molecule has 2 fully saturated rings. The Morgan fingerprint density at radius 2 is 1.28 bits per heavy atom. The SMILES string of the molecule is CC[C@H](C(=O)N1CCCC[C@H]1C(=O)O[C@H](CCc1ccc(OC)c(OC)c1)c1ccc(OCC(=O)NCc2ccc(CNC(=O)COc3cccc4c3C(=O)N(C3CCC(=O)NC3=O)C4=O)cc2)cc1)c1cc(OC)c(OC)c(OC)c1. The first-order valence-electron chi connectivity index (χ1n) is 27.0. The molecule has 0 bridgehead atoms. The lowest BCUT2D eigenvalue weighted by Gasteiger charge is -2.37. The first-order valence-corrected chi connectivity index (χ1v) is 27.0. The predicted octanol–water partition coefficient (Wildman–Crippen LogP) is 6.31. The molecule has 0 aliphatic carbocycles. The summed E-state index contributed by atoms with van der Waals surface area (Å²) in [6.45, 7) is 1.91. The zero-order chi connectivity index (χ0) is 58.5. The molecule has 3 aliphatic heterocycles. The summed E-state index contributed by atoms with van der Waals surface area (Å²) < 4.78 is 45.7. The maximum absolute atomic E-state index is 14.5. The molecule has 3 N–H and O–H groups in total. The average Bonchev–Trinajstić information content (AvgIpc) is 3.97. The molecule has 0 radical (unpaired) electrons. The van der Waals surface area contributed by atoms with Crippen molar-refractivity contribution in [2.75, 3.05) is 55.3 Å². The van der Waals surface area contributed by atoms with Gasteiger partial charge in [-0.1, -0.05) is 55.5 Å². The number of likely N-dealkylation sites (tertiary alicyclic amines) is 1. The van der Waals surface area contributed by atoms with Crippen LogP contribution in [0.4, 0.5) is 0 Å². The Balaban J connectivity index is 0.840. The van der Waals surface area contributed by atoms with Crippen molar-refractivity contribution in [2.45, 2.75) is 95.5 Å². The van der Waals surface area contributed by atoms with Gasteiger partial charge in [-0.25, -0.2) is 4.79 Å². The second kappa shape index (κ2) is 27.3. The zero-order valence-corrected chi connectivity index (χ0v) is 46.7. The summed E-state index contributed by atoms with van der Waals surface area (Å²) in [7, 11) is 7.68. The molecule has 0 saturated carbocycles. The van der Waals surface area contributed by atoms with Crippen molar-refractivity contribution in [2.24, 2.45) is 0 Å². The molecule has 432 valence electrons. The van der Waals surface area contributed by atoms with Gasteiger partial charge in [0.1, 0.15) is 29.7 Å². The van der Waals surface area contributed by atoms with Crippen molar-refractivity contribution in [1.29, 1.82) is 0 Å². The molecule has 1 unspecified atom stereocenters. The van der Waals surface area contributed by atoms with Gasteiger partial charge < -0.3 is 53.4 Å². The maximum atomic E-state index is 14.5. The van der Waals surface area contributed by atoms with E-state index in [2.05, 4.69) is 16.0 Å². The van der Waals surface area contributed by atoms with Gasteiger partial charge in [0.2, 0.25) is 23.5 Å². The van der Waals surface area contributed by atoms with E-state index in [-0.39, 0.29) is 61.2 Å². The standard InChI is InChI=1S/C61H67N5O16/c1-7-42(40-30-50(77-4)56(79-6)51(31-40)78-5)58(71)65-28-9-8-12-45(65)61(74)82-46(25-18-36-19-26-47(75-2)49(29-36)76-3)39-20-22-41(23-21-39)80-34-53(68)62-32-37-14-16-38(17-15-37)33-63-54(69)35-81-48-13-10-11-43-55(48)60(73)66(59(43)72)44-24-27-52(67)64-57(44)70/h10-11,13-17,19-23,26,29-31,42,44-46H,7-9,12,18,24-25,27-28,32-35H2,1-6H3,(H,62,68)(H,63,69)(H,64,67,70)/t42-,44?,45-,46+/m0/s1. The third kappa shape index (κ3) is 13.7. The normalized spacial score (nSPS) is 16.5. The molecule has 0 aromatic heterocycles. The quantitative estimate of drug-likeness (QED) is 0.0427. The summed E-state index contributed by atoms with van der Waals surface area (Å²) in [5.41, 5.74) is 3.81. The van der Waals surface area contributed by atoms with Crippen LogP contribution in [0.25, 0.3) is 0 Å². The van der Waals surface area contributed by atoms with Crippen LogP contribution in [-0.4, -0.2) is 125 Å². The van der Waals surface area contributed by atoms with Crippen molar-refractivity contribution in [3.8, 4) is 40.2 Å². The number of nitrogens with zero attached hydrogens (tertiary/aromatic N) is 2. The molecule has 3 aliphatic rings. The highest BCUT2D eigenvalue weighted by Crippen LogP contribution is 2.42. The Kier molecular flexibility index (Phi) is 19.7. The number of hydrogen-bond acceptors (Lipinski definition) is 16. The molecule has 2 saturated heterocycles. The molecule has 3 heterocycles. The van der Waals surface area contributed by atoms with Crippen LogP contribution in [0.15, 0.2) is 97.1 Å². The first kappa shape index (κ1) is 59.0. The number of imide groups is 2. The molecule has 21 nitrogen and oxygen atoms in total. The van der Waals surface area contributed by atoms with E-state index in [1.54, 1.807) is 79.8 Å². The number of aryl methyl sites for hydroxylation is 1. The zero-order valence-electron chi connectivity index (χ0n) is 46.7. The second-order valence-corrected chi connectivity index (χ2v) is 19.8. The Bertz CT molecular complexity index is 3160. The van der Waals surface area contributed by atoms with Gasteiger partial charge in [0.15, 0.2) is 36.2 Å². The number of fused-ring (bicyclic) bond motifs is 1. The molecule has 4 atom stereocenters. The van der Waals surface area contributed by atoms with Crippen LogP contribution in [0.5, 0.6) is 40.2 Å². The van der Waals surface area contributed by atoms with E-state index in [1.807, 2.05) is 25.1 Å². The summed E-state index contributed by atoms with van der Waals surface area (Å²) in [6.07, 6.45) is 2.51. The number of nitrogens with one attached hydrogen (secondary N) is 3. The van der Waals surface area contributed by atoms with E-state index in [1.165, 1.54) is 39.5 Å². The summed E-state index contributed by atoms with van der Waals surface area (Å²) in [5.74, 6) is -2.01. The van der Waals surface area contributed by atoms with Gasteiger partial charge in [0.25, 0.3) is 23.6 Å². The fourth-order valence-corrected chi connectivity index (χ4v) is 10.3. The number of hydrogen-bond donors (Lipinski definition) is 3. The topological polar surface area (TPSA) is 253 Å². The third-order valence-electron chi connectivity index (χ3n) is 14.7. The van der Waals surface area contributed by atoms with Crippen LogP contribution in [0.3, 0.4) is 0 Å². The molecule has 5 aromatic rings. The fraction of sp³-hybridized carbons (Fsp3) is 0.377. The highest BCUT2D eigenvalue weighted by atomic mass is 16.5. The summed E-state index contributed by atoms with van der Waals surface area (Å²) in [4.78, 5) is 108. The number of amides is 7. The maximum Gasteiger partial charge on any atom is 0.329 e. The van der Waals surface area contributed by atoms with Crippen molar-refractivity contribution >= 4 is 47.3 Å². The van der Waals surface area contributed by atoms with E-state index in [4.69, 9.17) is 37.9 Å². The second-order valence-electron chi connectivity index (χ2n) is 19.8. The van der Waals surface area contributed by atoms with Crippen LogP contribution in [0.2, 0.25) is 0 Å². The van der Waals surface area contributed by atoms with Gasteiger partial charge >= 0.3 is 5.97 Å². The Hall–Kier alpha value is -9.14. The van der Waals surface area contributed by atoms with Gasteiger partial charge in [0, 0.05) is 26.1 Å². The minimum atomic E-state index is -1.14. The molecule has 8 rings (SSSR count). The number of rotatable bonds is 25. The smallest absolute Gasteiger partial charge is 0.329 e. The lowest BCUT2D eigenvalue weighted by atomic mass is 9.91. The minimum Gasteiger partial charge on any atom is -0.493 e. The lowest BCUT2D eigenvalue weighted by Crippen LogP contribution is -2.54. The number of esters is 1. The summed E-state index contributed by atoms with van der Waals surface area (Å²) >= 11 is 0. The molecule has 7 amide bonds. The van der Waals surface area contributed by atoms with E-state index in [9.17, 15) is 38.4 Å². The molecule has 5 aromatic carbocycles. The highest BCUT2D eigenvalue weighted by molar-refractivity contribution is 6.24. The lowest BCUT2D eigenvalue weighted by molar-refractivity contribution is -0.162. The number of carbonyl (C=O) groups is 8. The summed E-state index contributed by atoms with van der Waals surface area (Å²) in [5, 5.41) is 7.76. The van der Waals surface area contributed by atoms with Gasteiger partial charge in [0.05, 0.1) is 52.6 Å². The van der Waals surface area contributed by atoms with Crippen LogP contribution in [-0.2, 0) is 53.0 Å². The number of methoxy groups -OCH3 is 5. The van der Waals surface area contributed by atoms with Gasteiger partial charge in [-0.15, -0.1) is 0 Å². The Labute approximate surface area is 474 Å². The van der Waals surface area contributed by atoms with Crippen LogP contribution in [0, 0.1) is 0 Å². The number of benzene rings is 5. The van der Waals surface area contributed by atoms with E-state index < -0.39 is 66.2 Å². The van der Waals surface area contributed by atoms with E-state index in [0.717, 1.165) is 34.4 Å². The molecule has 0 spiro atoms. The predicted molar refractivity (Wildman–Crippen MR) is 296 cm³/mol. The van der Waals surface area contributed by atoms with Gasteiger partial charge in [-0.05, 0) is 121 Å². The fourth-order valence-electron chi connectivity index (χ4n) is 10.3. The number of carbonyl (C=O) groups excluding carboxylic acids is 8. The molecule has 21 heteroatoms. The Morgan fingerprint density at radius 1 is 0.646 bits per heavy atom. The van der Waals surface area contributed by atoms with Crippen molar-refractivity contribution in [1.82, 2.24) is 25.8 Å². The largest absolute Gasteiger partial charge is 0.493 e. The van der Waals surface area contributed by atoms with Crippen LogP contribution >= 0.6 is 0 Å².